The summed E-state index contributed by atoms with van der Waals surface area (Å²) in [6, 6.07) is 30.8. The van der Waals surface area contributed by atoms with Gasteiger partial charge in [-0.15, -0.1) is 0 Å². The molecule has 3 heterocycles. The van der Waals surface area contributed by atoms with Crippen molar-refractivity contribution in [1.82, 2.24) is 24.1 Å². The fourth-order valence-electron chi connectivity index (χ4n) is 6.62. The van der Waals surface area contributed by atoms with E-state index < -0.39 is 42.3 Å². The molecule has 5 heteroatoms. The molecule has 10 rings (SSSR count). The number of fused-ring (bicyclic) bond motifs is 7. The summed E-state index contributed by atoms with van der Waals surface area (Å²) in [6.07, 6.45) is 0. The standard InChI is InChI=1S/C45H29N5/c1-4-14-30(15-5-1)31-24-26-34(27-25-31)49-37-22-12-10-20-35(37)41-39(49)28-29-40-42(41)36-21-11-13-23-38(36)50(40)45-47-43(32-16-6-2-7-17-32)46-44(48-45)33-18-8-3-9-19-33/h1-29H/i10D,11D,12D,13D,20D,21D,22D,23D,28D,29D. The van der Waals surface area contributed by atoms with E-state index in [0.717, 1.165) is 11.1 Å². The van der Waals surface area contributed by atoms with Gasteiger partial charge in [-0.3, -0.25) is 4.57 Å². The predicted octanol–water partition coefficient (Wildman–Crippen LogP) is 11.1. The third-order valence-corrected chi connectivity index (χ3v) is 8.87. The first-order valence-electron chi connectivity index (χ1n) is 21.0. The van der Waals surface area contributed by atoms with E-state index in [9.17, 15) is 8.22 Å². The van der Waals surface area contributed by atoms with Gasteiger partial charge in [0.25, 0.3) is 0 Å². The Morgan fingerprint density at radius 2 is 0.820 bits per heavy atom. The van der Waals surface area contributed by atoms with Crippen molar-refractivity contribution in [2.75, 3.05) is 0 Å². The van der Waals surface area contributed by atoms with Gasteiger partial charge in [0.1, 0.15) is 0 Å². The molecule has 0 radical (unpaired) electrons. The largest absolute Gasteiger partial charge is 0.309 e. The highest BCUT2D eigenvalue weighted by molar-refractivity contribution is 6.28. The lowest BCUT2D eigenvalue weighted by Gasteiger charge is -2.11. The summed E-state index contributed by atoms with van der Waals surface area (Å²) >= 11 is 0. The number of hydrogen-bond acceptors (Lipinski definition) is 3. The lowest BCUT2D eigenvalue weighted by Crippen LogP contribution is -2.06. The van der Waals surface area contributed by atoms with Crippen LogP contribution in [-0.4, -0.2) is 24.1 Å². The first-order valence-corrected chi connectivity index (χ1v) is 16.0. The van der Waals surface area contributed by atoms with Crippen molar-refractivity contribution in [2.24, 2.45) is 0 Å². The van der Waals surface area contributed by atoms with Crippen molar-refractivity contribution < 1.29 is 13.7 Å². The quantitative estimate of drug-likeness (QED) is 0.186. The van der Waals surface area contributed by atoms with Gasteiger partial charge in [0.2, 0.25) is 5.95 Å². The number of hydrogen-bond donors (Lipinski definition) is 0. The maximum Gasteiger partial charge on any atom is 0.238 e. The summed E-state index contributed by atoms with van der Waals surface area (Å²) in [4.78, 5) is 14.5. The Bertz CT molecular complexity index is 3350. The van der Waals surface area contributed by atoms with Crippen LogP contribution in [0, 0.1) is 0 Å². The zero-order valence-electron chi connectivity index (χ0n) is 36.2. The zero-order chi connectivity index (χ0) is 41.7. The van der Waals surface area contributed by atoms with Gasteiger partial charge in [-0.05, 0) is 47.4 Å². The monoisotopic (exact) mass is 649 g/mol. The van der Waals surface area contributed by atoms with E-state index in [1.54, 1.807) is 16.7 Å². The Kier molecular flexibility index (Phi) is 4.52. The highest BCUT2D eigenvalue weighted by Gasteiger charge is 2.22. The maximum atomic E-state index is 9.77. The van der Waals surface area contributed by atoms with E-state index >= 15 is 0 Å². The summed E-state index contributed by atoms with van der Waals surface area (Å²) in [7, 11) is 0. The Morgan fingerprint density at radius 3 is 1.36 bits per heavy atom. The Labute approximate surface area is 302 Å². The average Bonchev–Trinajstić information content (AvgIpc) is 3.84. The third-order valence-electron chi connectivity index (χ3n) is 8.87. The van der Waals surface area contributed by atoms with E-state index in [4.69, 9.17) is 20.4 Å². The normalized spacial score (nSPS) is 14.4. The van der Waals surface area contributed by atoms with Gasteiger partial charge in [0.15, 0.2) is 11.6 Å². The molecule has 0 N–H and O–H groups in total. The molecule has 0 amide bonds. The number of aromatic nitrogens is 5. The van der Waals surface area contributed by atoms with Crippen molar-refractivity contribution in [1.29, 1.82) is 0 Å². The molecule has 10 aromatic rings. The van der Waals surface area contributed by atoms with Gasteiger partial charge in [0.05, 0.1) is 35.8 Å². The smallest absolute Gasteiger partial charge is 0.238 e. The Balaban J connectivity index is 1.43. The minimum absolute atomic E-state index is 0.0247. The SMILES string of the molecule is [2H]c1c([2H])c([2H])c2c(c1[2H])c1c3c4c([2H])c([2H])c([2H])c([2H])c4n(-c4nc(-c5ccccc5)nc(-c5ccccc5)n4)c3c([2H])c([2H])c1n2-c1ccc(-c2ccccc2)cc1. The van der Waals surface area contributed by atoms with Crippen LogP contribution in [0.2, 0.25) is 0 Å². The van der Waals surface area contributed by atoms with Gasteiger partial charge in [-0.25, -0.2) is 4.98 Å². The number of benzene rings is 7. The second kappa shape index (κ2) is 11.4. The summed E-state index contributed by atoms with van der Waals surface area (Å²) in [5, 5.41) is 0.210. The van der Waals surface area contributed by atoms with Gasteiger partial charge in [-0.2, -0.15) is 9.97 Å². The lowest BCUT2D eigenvalue weighted by atomic mass is 10.1. The second-order valence-corrected chi connectivity index (χ2v) is 11.7. The molecule has 0 aliphatic rings. The molecule has 7 aromatic carbocycles. The average molecular weight is 650 g/mol. The predicted molar refractivity (Wildman–Crippen MR) is 205 cm³/mol. The molecule has 0 spiro atoms. The first kappa shape index (κ1) is 19.8. The van der Waals surface area contributed by atoms with E-state index in [1.165, 1.54) is 4.57 Å². The van der Waals surface area contributed by atoms with E-state index in [1.807, 2.05) is 103 Å². The van der Waals surface area contributed by atoms with Crippen LogP contribution in [0.1, 0.15) is 13.7 Å². The van der Waals surface area contributed by atoms with E-state index in [-0.39, 0.29) is 79.3 Å². The van der Waals surface area contributed by atoms with Crippen LogP contribution < -0.4 is 0 Å². The molecule has 0 saturated carbocycles. The summed E-state index contributed by atoms with van der Waals surface area (Å²) in [6.45, 7) is 0. The minimum atomic E-state index is -0.547. The molecule has 50 heavy (non-hydrogen) atoms. The Hall–Kier alpha value is -6.85. The molecule has 3 aromatic heterocycles. The van der Waals surface area contributed by atoms with Crippen molar-refractivity contribution in [2.45, 2.75) is 0 Å². The van der Waals surface area contributed by atoms with Crippen molar-refractivity contribution in [3.63, 3.8) is 0 Å². The van der Waals surface area contributed by atoms with E-state index in [2.05, 4.69) is 0 Å². The molecule has 5 nitrogen and oxygen atoms in total. The summed E-state index contributed by atoms with van der Waals surface area (Å²) in [5.74, 6) is 0.416. The van der Waals surface area contributed by atoms with Gasteiger partial charge >= 0.3 is 0 Å². The molecular formula is C45H29N5. The van der Waals surface area contributed by atoms with Crippen LogP contribution >= 0.6 is 0 Å². The maximum absolute atomic E-state index is 9.77. The van der Waals surface area contributed by atoms with Crippen molar-refractivity contribution >= 4 is 43.6 Å². The van der Waals surface area contributed by atoms with Gasteiger partial charge in [0, 0.05) is 38.4 Å². The van der Waals surface area contributed by atoms with Crippen LogP contribution in [-0.2, 0) is 0 Å². The molecule has 0 saturated heterocycles. The zero-order valence-corrected chi connectivity index (χ0v) is 26.2. The fourth-order valence-corrected chi connectivity index (χ4v) is 6.62. The number of para-hydroxylation sites is 2. The molecule has 0 aliphatic heterocycles. The molecule has 0 bridgehead atoms. The highest BCUT2D eigenvalue weighted by Crippen LogP contribution is 2.42. The molecule has 0 atom stereocenters. The lowest BCUT2D eigenvalue weighted by molar-refractivity contribution is 0.953. The van der Waals surface area contributed by atoms with Gasteiger partial charge in [-0.1, -0.05) is 139 Å². The van der Waals surface area contributed by atoms with Crippen LogP contribution in [0.3, 0.4) is 0 Å². The summed E-state index contributed by atoms with van der Waals surface area (Å²) < 4.78 is 94.8. The second-order valence-electron chi connectivity index (χ2n) is 11.7. The Morgan fingerprint density at radius 1 is 0.380 bits per heavy atom. The van der Waals surface area contributed by atoms with Crippen molar-refractivity contribution in [3.05, 3.63) is 176 Å². The van der Waals surface area contributed by atoms with Crippen LogP contribution in [0.25, 0.3) is 89.2 Å². The number of rotatable bonds is 5. The number of nitrogens with zero attached hydrogens (tertiary/aromatic N) is 5. The first-order chi connectivity index (χ1) is 29.0. The van der Waals surface area contributed by atoms with Gasteiger partial charge < -0.3 is 4.57 Å². The van der Waals surface area contributed by atoms with Crippen LogP contribution in [0.4, 0.5) is 0 Å². The fraction of sp³-hybridized carbons (Fsp3) is 0. The highest BCUT2D eigenvalue weighted by atomic mass is 15.2. The van der Waals surface area contributed by atoms with Crippen LogP contribution in [0.15, 0.2) is 176 Å². The molecular weight excluding hydrogens is 611 g/mol. The molecule has 234 valence electrons. The minimum Gasteiger partial charge on any atom is -0.309 e. The molecule has 0 unspecified atom stereocenters. The van der Waals surface area contributed by atoms with Crippen LogP contribution in [0.5, 0.6) is 0 Å². The third kappa shape index (κ3) is 4.45. The van der Waals surface area contributed by atoms with Crippen molar-refractivity contribution in [3.8, 4) is 45.5 Å². The summed E-state index contributed by atoms with van der Waals surface area (Å²) in [5.41, 5.74) is 3.56. The van der Waals surface area contributed by atoms with E-state index in [0.29, 0.717) is 16.8 Å². The molecule has 0 aliphatic carbocycles. The molecule has 0 fully saturated rings. The topological polar surface area (TPSA) is 48.5 Å².